The average Bonchev–Trinajstić information content (AvgIpc) is 2.81. The predicted octanol–water partition coefficient (Wildman–Crippen LogP) is 0.605. The van der Waals surface area contributed by atoms with Gasteiger partial charge in [-0.2, -0.15) is 0 Å². The van der Waals surface area contributed by atoms with Crippen molar-refractivity contribution in [2.24, 2.45) is 11.7 Å². The van der Waals surface area contributed by atoms with Crippen LogP contribution in [0.3, 0.4) is 0 Å². The van der Waals surface area contributed by atoms with Gasteiger partial charge in [0, 0.05) is 25.3 Å². The molecule has 21 heavy (non-hydrogen) atoms. The van der Waals surface area contributed by atoms with Crippen LogP contribution in [-0.2, 0) is 11.3 Å². The number of hydrogen-bond donors (Lipinski definition) is 3. The topological polar surface area (TPSA) is 110 Å². The molecule has 116 valence electrons. The maximum absolute atomic E-state index is 12.2. The quantitative estimate of drug-likeness (QED) is 0.689. The molecule has 7 nitrogen and oxygen atoms in total. The van der Waals surface area contributed by atoms with Crippen molar-refractivity contribution in [1.82, 2.24) is 14.9 Å². The van der Waals surface area contributed by atoms with Gasteiger partial charge >= 0.3 is 5.97 Å². The summed E-state index contributed by atoms with van der Waals surface area (Å²) in [6.07, 6.45) is 7.94. The highest BCUT2D eigenvalue weighted by Gasteiger charge is 2.26. The van der Waals surface area contributed by atoms with E-state index in [1.165, 1.54) is 12.5 Å². The SMILES string of the molecule is NC1CCCCCC1C(=O)NCCn1cnc(C(=O)O)c1. The summed E-state index contributed by atoms with van der Waals surface area (Å²) in [5.41, 5.74) is 6.06. The van der Waals surface area contributed by atoms with Gasteiger partial charge in [-0.1, -0.05) is 19.3 Å². The molecule has 4 N–H and O–H groups in total. The van der Waals surface area contributed by atoms with Gasteiger partial charge in [0.2, 0.25) is 5.91 Å². The van der Waals surface area contributed by atoms with Crippen LogP contribution in [0, 0.1) is 5.92 Å². The van der Waals surface area contributed by atoms with Crippen LogP contribution in [0.4, 0.5) is 0 Å². The van der Waals surface area contributed by atoms with Gasteiger partial charge in [-0.15, -0.1) is 0 Å². The van der Waals surface area contributed by atoms with E-state index in [0.29, 0.717) is 13.1 Å². The molecule has 0 aliphatic heterocycles. The highest BCUT2D eigenvalue weighted by molar-refractivity contribution is 5.84. The maximum Gasteiger partial charge on any atom is 0.356 e. The third kappa shape index (κ3) is 4.29. The Morgan fingerprint density at radius 3 is 2.86 bits per heavy atom. The van der Waals surface area contributed by atoms with Gasteiger partial charge in [0.25, 0.3) is 0 Å². The number of nitrogens with one attached hydrogen (secondary N) is 1. The summed E-state index contributed by atoms with van der Waals surface area (Å²) in [6.45, 7) is 0.936. The molecule has 1 aliphatic carbocycles. The first-order chi connectivity index (χ1) is 10.1. The molecule has 1 aliphatic rings. The first-order valence-corrected chi connectivity index (χ1v) is 7.36. The van der Waals surface area contributed by atoms with Gasteiger partial charge in [0.05, 0.1) is 12.2 Å². The van der Waals surface area contributed by atoms with Crippen LogP contribution >= 0.6 is 0 Å². The van der Waals surface area contributed by atoms with Crippen LogP contribution in [-0.4, -0.2) is 39.1 Å². The van der Waals surface area contributed by atoms with Gasteiger partial charge in [-0.25, -0.2) is 9.78 Å². The smallest absolute Gasteiger partial charge is 0.356 e. The van der Waals surface area contributed by atoms with Crippen molar-refractivity contribution >= 4 is 11.9 Å². The third-order valence-electron chi connectivity index (χ3n) is 3.93. The highest BCUT2D eigenvalue weighted by Crippen LogP contribution is 2.22. The zero-order valence-corrected chi connectivity index (χ0v) is 12.0. The number of amides is 1. The molecule has 0 bridgehead atoms. The molecular formula is C14H22N4O3. The Morgan fingerprint density at radius 2 is 2.14 bits per heavy atom. The van der Waals surface area contributed by atoms with Crippen LogP contribution in [0.15, 0.2) is 12.5 Å². The number of hydrogen-bond acceptors (Lipinski definition) is 4. The standard InChI is InChI=1S/C14H22N4O3/c15-11-5-3-1-2-4-10(11)13(19)16-6-7-18-8-12(14(20)21)17-9-18/h8-11H,1-7,15H2,(H,16,19)(H,20,21). The fourth-order valence-corrected chi connectivity index (χ4v) is 2.69. The molecule has 1 heterocycles. The number of carboxylic acid groups (broad SMARTS) is 1. The second-order valence-electron chi connectivity index (χ2n) is 5.50. The van der Waals surface area contributed by atoms with Crippen molar-refractivity contribution in [1.29, 1.82) is 0 Å². The van der Waals surface area contributed by atoms with E-state index in [0.717, 1.165) is 32.1 Å². The second kappa shape index (κ2) is 7.21. The molecule has 2 unspecified atom stereocenters. The van der Waals surface area contributed by atoms with E-state index in [-0.39, 0.29) is 23.6 Å². The van der Waals surface area contributed by atoms with Crippen molar-refractivity contribution < 1.29 is 14.7 Å². The zero-order valence-electron chi connectivity index (χ0n) is 12.0. The molecule has 1 fully saturated rings. The zero-order chi connectivity index (χ0) is 15.2. The minimum Gasteiger partial charge on any atom is -0.476 e. The molecule has 0 aromatic carbocycles. The highest BCUT2D eigenvalue weighted by atomic mass is 16.4. The van der Waals surface area contributed by atoms with Crippen molar-refractivity contribution in [2.75, 3.05) is 6.54 Å². The Bertz CT molecular complexity index is 500. The average molecular weight is 294 g/mol. The summed E-state index contributed by atoms with van der Waals surface area (Å²) in [6, 6.07) is -0.0561. The van der Waals surface area contributed by atoms with Gasteiger partial charge < -0.3 is 20.7 Å². The van der Waals surface area contributed by atoms with Crippen molar-refractivity contribution in [3.63, 3.8) is 0 Å². The molecule has 2 rings (SSSR count). The Kier molecular flexibility index (Phi) is 5.32. The predicted molar refractivity (Wildman–Crippen MR) is 76.7 cm³/mol. The number of nitrogens with zero attached hydrogens (tertiary/aromatic N) is 2. The van der Waals surface area contributed by atoms with E-state index in [2.05, 4.69) is 10.3 Å². The monoisotopic (exact) mass is 294 g/mol. The number of carboxylic acids is 1. The van der Waals surface area contributed by atoms with Crippen LogP contribution in [0.25, 0.3) is 0 Å². The summed E-state index contributed by atoms with van der Waals surface area (Å²) >= 11 is 0. The number of aromatic nitrogens is 2. The van der Waals surface area contributed by atoms with Crippen molar-refractivity contribution in [2.45, 2.75) is 44.7 Å². The first kappa shape index (κ1) is 15.5. The second-order valence-corrected chi connectivity index (χ2v) is 5.50. The van der Waals surface area contributed by atoms with Crippen LogP contribution in [0.2, 0.25) is 0 Å². The molecule has 1 aromatic heterocycles. The van der Waals surface area contributed by atoms with E-state index < -0.39 is 5.97 Å². The Labute approximate surface area is 123 Å². The lowest BCUT2D eigenvalue weighted by Gasteiger charge is -2.20. The number of carbonyl (C=O) groups excluding carboxylic acids is 1. The van der Waals surface area contributed by atoms with Crippen molar-refractivity contribution in [3.8, 4) is 0 Å². The van der Waals surface area contributed by atoms with Crippen LogP contribution in [0.5, 0.6) is 0 Å². The number of aromatic carboxylic acids is 1. The molecule has 1 amide bonds. The van der Waals surface area contributed by atoms with E-state index in [1.54, 1.807) is 4.57 Å². The normalized spacial score (nSPS) is 22.5. The Hall–Kier alpha value is -1.89. The van der Waals surface area contributed by atoms with Gasteiger partial charge in [0.15, 0.2) is 5.69 Å². The molecular weight excluding hydrogens is 272 g/mol. The molecule has 7 heteroatoms. The Balaban J connectivity index is 1.79. The molecule has 0 saturated heterocycles. The van der Waals surface area contributed by atoms with E-state index in [1.807, 2.05) is 0 Å². The fraction of sp³-hybridized carbons (Fsp3) is 0.643. The number of carbonyl (C=O) groups is 2. The van der Waals surface area contributed by atoms with E-state index in [4.69, 9.17) is 10.8 Å². The Morgan fingerprint density at radius 1 is 1.38 bits per heavy atom. The third-order valence-corrected chi connectivity index (χ3v) is 3.93. The maximum atomic E-state index is 12.2. The van der Waals surface area contributed by atoms with Gasteiger partial charge in [-0.05, 0) is 12.8 Å². The van der Waals surface area contributed by atoms with Crippen LogP contribution < -0.4 is 11.1 Å². The fourth-order valence-electron chi connectivity index (χ4n) is 2.69. The molecule has 1 saturated carbocycles. The van der Waals surface area contributed by atoms with Gasteiger partial charge in [0.1, 0.15) is 0 Å². The van der Waals surface area contributed by atoms with Crippen molar-refractivity contribution in [3.05, 3.63) is 18.2 Å². The van der Waals surface area contributed by atoms with E-state index in [9.17, 15) is 9.59 Å². The summed E-state index contributed by atoms with van der Waals surface area (Å²) in [4.78, 5) is 26.6. The molecule has 1 aromatic rings. The number of nitrogens with two attached hydrogens (primary N) is 1. The van der Waals surface area contributed by atoms with E-state index >= 15 is 0 Å². The molecule has 2 atom stereocenters. The molecule has 0 radical (unpaired) electrons. The lowest BCUT2D eigenvalue weighted by molar-refractivity contribution is -0.125. The summed E-state index contributed by atoms with van der Waals surface area (Å²) in [5.74, 6) is -1.16. The minimum absolute atomic E-state index is 0.00275. The largest absolute Gasteiger partial charge is 0.476 e. The summed E-state index contributed by atoms with van der Waals surface area (Å²) < 4.78 is 1.65. The van der Waals surface area contributed by atoms with Crippen LogP contribution in [0.1, 0.15) is 42.6 Å². The summed E-state index contributed by atoms with van der Waals surface area (Å²) in [7, 11) is 0. The first-order valence-electron chi connectivity index (χ1n) is 7.36. The summed E-state index contributed by atoms with van der Waals surface area (Å²) in [5, 5.41) is 11.7. The number of rotatable bonds is 5. The lowest BCUT2D eigenvalue weighted by Crippen LogP contribution is -2.42. The lowest BCUT2D eigenvalue weighted by atomic mass is 9.94. The van der Waals surface area contributed by atoms with Gasteiger partial charge in [-0.3, -0.25) is 4.79 Å². The molecule has 0 spiro atoms. The number of imidazole rings is 1. The minimum atomic E-state index is -1.05.